The van der Waals surface area contributed by atoms with Gasteiger partial charge in [-0.3, -0.25) is 15.5 Å². The number of anilines is 1. The fourth-order valence-electron chi connectivity index (χ4n) is 2.64. The number of aryl methyl sites for hydroxylation is 2. The number of nitrogens with zero attached hydrogens (tertiary/aromatic N) is 3. The first kappa shape index (κ1) is 18.5. The van der Waals surface area contributed by atoms with Crippen molar-refractivity contribution in [1.29, 1.82) is 0 Å². The number of nitrogens with one attached hydrogen (secondary N) is 1. The number of hydrogen-bond acceptors (Lipinski definition) is 7. The number of aromatic nitrogens is 1. The SMILES string of the molecule is COc1ccc(/C=N\Nc2nc(-c3ccc(C)cc3C)cs2)cc1[N+](=O)[O-]. The highest BCUT2D eigenvalue weighted by Gasteiger charge is 2.14. The third-order valence-corrected chi connectivity index (χ3v) is 4.68. The van der Waals surface area contributed by atoms with E-state index in [1.54, 1.807) is 12.1 Å². The lowest BCUT2D eigenvalue weighted by atomic mass is 10.0. The van der Waals surface area contributed by atoms with Crippen molar-refractivity contribution in [3.8, 4) is 17.0 Å². The summed E-state index contributed by atoms with van der Waals surface area (Å²) in [6, 6.07) is 10.9. The molecule has 0 saturated carbocycles. The van der Waals surface area contributed by atoms with E-state index in [1.165, 1.54) is 41.9 Å². The minimum Gasteiger partial charge on any atom is -0.490 e. The molecule has 7 nitrogen and oxygen atoms in total. The molecule has 0 amide bonds. The molecular weight excluding hydrogens is 364 g/mol. The Balaban J connectivity index is 1.73. The van der Waals surface area contributed by atoms with Crippen LogP contribution in [0, 0.1) is 24.0 Å². The van der Waals surface area contributed by atoms with Crippen molar-refractivity contribution < 1.29 is 9.66 Å². The first-order valence-electron chi connectivity index (χ1n) is 8.12. The van der Waals surface area contributed by atoms with Crippen LogP contribution in [0.4, 0.5) is 10.8 Å². The summed E-state index contributed by atoms with van der Waals surface area (Å²) in [5.41, 5.74) is 7.69. The van der Waals surface area contributed by atoms with E-state index >= 15 is 0 Å². The molecule has 0 radical (unpaired) electrons. The van der Waals surface area contributed by atoms with Crippen LogP contribution in [0.1, 0.15) is 16.7 Å². The number of rotatable bonds is 6. The number of benzene rings is 2. The molecule has 1 N–H and O–H groups in total. The Morgan fingerprint density at radius 3 is 2.78 bits per heavy atom. The molecule has 0 saturated heterocycles. The number of nitro benzene ring substituents is 1. The van der Waals surface area contributed by atoms with Gasteiger partial charge >= 0.3 is 5.69 Å². The second-order valence-corrected chi connectivity index (χ2v) is 6.77. The quantitative estimate of drug-likeness (QED) is 0.376. The second kappa shape index (κ2) is 7.96. The number of hydrogen-bond donors (Lipinski definition) is 1. The van der Waals surface area contributed by atoms with Gasteiger partial charge in [0, 0.05) is 22.6 Å². The second-order valence-electron chi connectivity index (χ2n) is 5.91. The topological polar surface area (TPSA) is 89.7 Å². The van der Waals surface area contributed by atoms with Gasteiger partial charge in [-0.15, -0.1) is 11.3 Å². The van der Waals surface area contributed by atoms with E-state index in [0.29, 0.717) is 10.7 Å². The molecule has 2 aromatic carbocycles. The van der Waals surface area contributed by atoms with Crippen molar-refractivity contribution in [2.24, 2.45) is 5.10 Å². The van der Waals surface area contributed by atoms with Crippen LogP contribution in [0.3, 0.4) is 0 Å². The predicted molar refractivity (Wildman–Crippen MR) is 108 cm³/mol. The summed E-state index contributed by atoms with van der Waals surface area (Å²) >= 11 is 1.44. The standard InChI is InChI=1S/C19H18N4O3S/c1-12-4-6-15(13(2)8-12)16-11-27-19(21-16)22-20-10-14-5-7-18(26-3)17(9-14)23(24)25/h4-11H,1-3H3,(H,21,22)/b20-10-. The molecule has 0 atom stereocenters. The average molecular weight is 382 g/mol. The average Bonchev–Trinajstić information content (AvgIpc) is 3.10. The molecule has 1 heterocycles. The molecule has 3 aromatic rings. The Labute approximate surface area is 160 Å². The molecule has 0 fully saturated rings. The Kier molecular flexibility index (Phi) is 5.46. The summed E-state index contributed by atoms with van der Waals surface area (Å²) in [5.74, 6) is 0.211. The highest BCUT2D eigenvalue weighted by atomic mass is 32.1. The lowest BCUT2D eigenvalue weighted by Gasteiger charge is -2.03. The lowest BCUT2D eigenvalue weighted by Crippen LogP contribution is -1.96. The minimum absolute atomic E-state index is 0.104. The van der Waals surface area contributed by atoms with Gasteiger partial charge in [0.05, 0.1) is 23.9 Å². The maximum Gasteiger partial charge on any atom is 0.311 e. The zero-order chi connectivity index (χ0) is 19.4. The monoisotopic (exact) mass is 382 g/mol. The zero-order valence-electron chi connectivity index (χ0n) is 15.1. The smallest absolute Gasteiger partial charge is 0.311 e. The first-order chi connectivity index (χ1) is 13.0. The molecule has 1 aromatic heterocycles. The molecule has 138 valence electrons. The van der Waals surface area contributed by atoms with Gasteiger partial charge < -0.3 is 4.74 Å². The van der Waals surface area contributed by atoms with Crippen molar-refractivity contribution in [2.75, 3.05) is 12.5 Å². The van der Waals surface area contributed by atoms with Crippen molar-refractivity contribution in [3.05, 3.63) is 68.6 Å². The van der Waals surface area contributed by atoms with E-state index in [2.05, 4.69) is 47.6 Å². The molecule has 0 unspecified atom stereocenters. The Morgan fingerprint density at radius 2 is 2.07 bits per heavy atom. The maximum atomic E-state index is 11.1. The first-order valence-corrected chi connectivity index (χ1v) is 9.00. The number of hydrazone groups is 1. The molecule has 0 aliphatic carbocycles. The van der Waals surface area contributed by atoms with Gasteiger partial charge in [-0.2, -0.15) is 5.10 Å². The molecule has 8 heteroatoms. The summed E-state index contributed by atoms with van der Waals surface area (Å²) in [7, 11) is 1.40. The summed E-state index contributed by atoms with van der Waals surface area (Å²) in [4.78, 5) is 15.1. The van der Waals surface area contributed by atoms with Crippen LogP contribution in [0.5, 0.6) is 5.75 Å². The highest BCUT2D eigenvalue weighted by Crippen LogP contribution is 2.28. The van der Waals surface area contributed by atoms with Gasteiger partial charge in [0.25, 0.3) is 0 Å². The summed E-state index contributed by atoms with van der Waals surface area (Å²) in [6.45, 7) is 4.12. The van der Waals surface area contributed by atoms with E-state index < -0.39 is 4.92 Å². The van der Waals surface area contributed by atoms with Gasteiger partial charge in [0.1, 0.15) is 0 Å². The van der Waals surface area contributed by atoms with E-state index in [-0.39, 0.29) is 11.4 Å². The largest absolute Gasteiger partial charge is 0.490 e. The van der Waals surface area contributed by atoms with Gasteiger partial charge in [0.15, 0.2) is 5.75 Å². The van der Waals surface area contributed by atoms with Crippen LogP contribution in [0.2, 0.25) is 0 Å². The molecule has 0 aliphatic heterocycles. The van der Waals surface area contributed by atoms with Crippen LogP contribution in [-0.2, 0) is 0 Å². The predicted octanol–water partition coefficient (Wildman–Crippen LogP) is 4.79. The Bertz CT molecular complexity index is 1010. The lowest BCUT2D eigenvalue weighted by molar-refractivity contribution is -0.385. The van der Waals surface area contributed by atoms with E-state index in [1.807, 2.05) is 5.38 Å². The molecule has 27 heavy (non-hydrogen) atoms. The van der Waals surface area contributed by atoms with Gasteiger partial charge in [-0.05, 0) is 31.5 Å². The number of thiazole rings is 1. The van der Waals surface area contributed by atoms with Crippen molar-refractivity contribution in [3.63, 3.8) is 0 Å². The zero-order valence-corrected chi connectivity index (χ0v) is 15.9. The van der Waals surface area contributed by atoms with Crippen LogP contribution in [0.25, 0.3) is 11.3 Å². The van der Waals surface area contributed by atoms with Crippen molar-refractivity contribution in [1.82, 2.24) is 4.98 Å². The van der Waals surface area contributed by atoms with Crippen LogP contribution in [-0.4, -0.2) is 23.2 Å². The third-order valence-electron chi connectivity index (χ3n) is 3.94. The Morgan fingerprint density at radius 1 is 1.26 bits per heavy atom. The van der Waals surface area contributed by atoms with Crippen LogP contribution >= 0.6 is 11.3 Å². The normalized spacial score (nSPS) is 10.9. The number of ether oxygens (including phenoxy) is 1. The molecule has 0 spiro atoms. The summed E-state index contributed by atoms with van der Waals surface area (Å²) < 4.78 is 4.99. The van der Waals surface area contributed by atoms with Crippen LogP contribution < -0.4 is 10.2 Å². The van der Waals surface area contributed by atoms with Crippen LogP contribution in [0.15, 0.2) is 46.9 Å². The maximum absolute atomic E-state index is 11.1. The van der Waals surface area contributed by atoms with E-state index in [0.717, 1.165) is 11.3 Å². The number of methoxy groups -OCH3 is 1. The van der Waals surface area contributed by atoms with Gasteiger partial charge in [0.2, 0.25) is 5.13 Å². The van der Waals surface area contributed by atoms with E-state index in [4.69, 9.17) is 4.74 Å². The minimum atomic E-state index is -0.486. The molecule has 0 bridgehead atoms. The Hall–Kier alpha value is -3.26. The molecule has 3 rings (SSSR count). The third kappa shape index (κ3) is 4.29. The fraction of sp³-hybridized carbons (Fsp3) is 0.158. The number of nitro groups is 1. The van der Waals surface area contributed by atoms with E-state index in [9.17, 15) is 10.1 Å². The highest BCUT2D eigenvalue weighted by molar-refractivity contribution is 7.14. The fourth-order valence-corrected chi connectivity index (χ4v) is 3.30. The van der Waals surface area contributed by atoms with Gasteiger partial charge in [-0.1, -0.05) is 23.8 Å². The van der Waals surface area contributed by atoms with Gasteiger partial charge in [-0.25, -0.2) is 4.98 Å². The summed E-state index contributed by atoms with van der Waals surface area (Å²) in [6.07, 6.45) is 1.50. The van der Waals surface area contributed by atoms with Crippen molar-refractivity contribution in [2.45, 2.75) is 13.8 Å². The molecule has 0 aliphatic rings. The summed E-state index contributed by atoms with van der Waals surface area (Å²) in [5, 5.41) is 17.8. The van der Waals surface area contributed by atoms with Crippen molar-refractivity contribution >= 4 is 28.4 Å². The molecular formula is C19H18N4O3S.